The second kappa shape index (κ2) is 6.62. The number of nitro groups is 1. The molecule has 0 saturated heterocycles. The average molecular weight is 339 g/mol. The monoisotopic (exact) mass is 338 g/mol. The molecular weight excluding hydrogens is 324 g/mol. The Morgan fingerprint density at radius 1 is 1.50 bits per heavy atom. The fraction of sp³-hybridized carbons (Fsp3) is 0.308. The lowest BCUT2D eigenvalue weighted by Crippen LogP contribution is -2.17. The second-order valence-corrected chi connectivity index (χ2v) is 5.39. The minimum Gasteiger partial charge on any atom is -0.312 e. The van der Waals surface area contributed by atoms with Crippen molar-refractivity contribution in [1.82, 2.24) is 15.1 Å². The third kappa shape index (κ3) is 3.88. The van der Waals surface area contributed by atoms with E-state index in [2.05, 4.69) is 26.3 Å². The van der Waals surface area contributed by atoms with E-state index < -0.39 is 0 Å². The van der Waals surface area contributed by atoms with Crippen LogP contribution in [-0.4, -0.2) is 21.2 Å². The Bertz CT molecular complexity index is 612. The van der Waals surface area contributed by atoms with Crippen LogP contribution in [0.15, 0.2) is 35.1 Å². The van der Waals surface area contributed by atoms with Crippen LogP contribution in [0.25, 0.3) is 0 Å². The van der Waals surface area contributed by atoms with E-state index in [1.54, 1.807) is 16.8 Å². The molecule has 0 unspecified atom stereocenters. The van der Waals surface area contributed by atoms with E-state index in [1.807, 2.05) is 19.4 Å². The Morgan fingerprint density at radius 3 is 2.95 bits per heavy atom. The number of hydrogen-bond donors (Lipinski definition) is 1. The molecule has 0 atom stereocenters. The lowest BCUT2D eigenvalue weighted by Gasteiger charge is -2.05. The van der Waals surface area contributed by atoms with E-state index in [-0.39, 0.29) is 10.6 Å². The normalized spacial score (nSPS) is 10.7. The van der Waals surface area contributed by atoms with Gasteiger partial charge < -0.3 is 5.32 Å². The van der Waals surface area contributed by atoms with Gasteiger partial charge in [0.1, 0.15) is 0 Å². The highest BCUT2D eigenvalue weighted by Gasteiger charge is 2.13. The zero-order chi connectivity index (χ0) is 14.5. The van der Waals surface area contributed by atoms with Crippen molar-refractivity contribution in [3.8, 4) is 0 Å². The van der Waals surface area contributed by atoms with Crippen molar-refractivity contribution < 1.29 is 4.92 Å². The first-order valence-corrected chi connectivity index (χ1v) is 6.96. The molecule has 0 saturated carbocycles. The summed E-state index contributed by atoms with van der Waals surface area (Å²) < 4.78 is 2.60. The van der Waals surface area contributed by atoms with Gasteiger partial charge in [0.05, 0.1) is 11.1 Å². The maximum Gasteiger partial charge on any atom is 0.273 e. The van der Waals surface area contributed by atoms with Gasteiger partial charge in [0, 0.05) is 35.9 Å². The third-order valence-corrected chi connectivity index (χ3v) is 3.40. The van der Waals surface area contributed by atoms with Crippen LogP contribution in [-0.2, 0) is 20.0 Å². The summed E-state index contributed by atoms with van der Waals surface area (Å²) in [6, 6.07) is 4.97. The SMILES string of the molecule is Cn1cc(CCNCc2cc(Br)ccc2[N+](=O)[O-])cn1. The average Bonchev–Trinajstić information content (AvgIpc) is 2.80. The molecule has 1 aromatic carbocycles. The molecule has 0 aliphatic heterocycles. The standard InChI is InChI=1S/C13H15BrN4O2/c1-17-9-10(7-16-17)4-5-15-8-11-6-12(14)2-3-13(11)18(19)20/h2-3,6-7,9,15H,4-5,8H2,1H3. The van der Waals surface area contributed by atoms with Crippen molar-refractivity contribution in [2.24, 2.45) is 7.05 Å². The van der Waals surface area contributed by atoms with Gasteiger partial charge in [-0.05, 0) is 30.7 Å². The molecule has 6 nitrogen and oxygen atoms in total. The van der Waals surface area contributed by atoms with Crippen LogP contribution in [0.2, 0.25) is 0 Å². The number of aryl methyl sites for hydroxylation is 1. The molecule has 2 rings (SSSR count). The molecule has 1 aromatic heterocycles. The minimum atomic E-state index is -0.357. The van der Waals surface area contributed by atoms with E-state index in [9.17, 15) is 10.1 Å². The Balaban J connectivity index is 1.90. The van der Waals surface area contributed by atoms with E-state index in [1.165, 1.54) is 6.07 Å². The van der Waals surface area contributed by atoms with Crippen LogP contribution in [0.5, 0.6) is 0 Å². The number of aromatic nitrogens is 2. The first-order valence-electron chi connectivity index (χ1n) is 6.17. The van der Waals surface area contributed by atoms with Crippen molar-refractivity contribution in [1.29, 1.82) is 0 Å². The number of benzene rings is 1. The van der Waals surface area contributed by atoms with Gasteiger partial charge in [0.2, 0.25) is 0 Å². The number of halogens is 1. The van der Waals surface area contributed by atoms with Crippen LogP contribution in [0.4, 0.5) is 5.69 Å². The van der Waals surface area contributed by atoms with E-state index in [0.717, 1.165) is 23.0 Å². The lowest BCUT2D eigenvalue weighted by molar-refractivity contribution is -0.385. The zero-order valence-corrected chi connectivity index (χ0v) is 12.6. The molecule has 7 heteroatoms. The highest BCUT2D eigenvalue weighted by atomic mass is 79.9. The predicted octanol–water partition coefficient (Wildman–Crippen LogP) is 2.42. The number of rotatable bonds is 6. The van der Waals surface area contributed by atoms with Crippen molar-refractivity contribution in [3.63, 3.8) is 0 Å². The molecule has 0 spiro atoms. The van der Waals surface area contributed by atoms with Crippen LogP contribution in [0.3, 0.4) is 0 Å². The Labute approximate surface area is 125 Å². The van der Waals surface area contributed by atoms with Crippen molar-refractivity contribution in [3.05, 3.63) is 56.3 Å². The smallest absolute Gasteiger partial charge is 0.273 e. The summed E-state index contributed by atoms with van der Waals surface area (Å²) in [5.74, 6) is 0. The van der Waals surface area contributed by atoms with Gasteiger partial charge in [0.25, 0.3) is 5.69 Å². The van der Waals surface area contributed by atoms with Gasteiger partial charge in [-0.2, -0.15) is 5.10 Å². The molecule has 0 aliphatic rings. The maximum atomic E-state index is 10.9. The molecule has 0 bridgehead atoms. The molecule has 1 N–H and O–H groups in total. The third-order valence-electron chi connectivity index (χ3n) is 2.90. The molecule has 106 valence electrons. The summed E-state index contributed by atoms with van der Waals surface area (Å²) in [6.07, 6.45) is 4.63. The van der Waals surface area contributed by atoms with Gasteiger partial charge >= 0.3 is 0 Å². The first kappa shape index (κ1) is 14.7. The van der Waals surface area contributed by atoms with Crippen molar-refractivity contribution in [2.45, 2.75) is 13.0 Å². The topological polar surface area (TPSA) is 73.0 Å². The zero-order valence-electron chi connectivity index (χ0n) is 11.0. The van der Waals surface area contributed by atoms with Gasteiger partial charge in [-0.3, -0.25) is 14.8 Å². The van der Waals surface area contributed by atoms with Crippen molar-refractivity contribution >= 4 is 21.6 Å². The maximum absolute atomic E-state index is 10.9. The summed E-state index contributed by atoms with van der Waals surface area (Å²) in [5.41, 5.74) is 1.96. The van der Waals surface area contributed by atoms with E-state index in [0.29, 0.717) is 12.1 Å². The van der Waals surface area contributed by atoms with Crippen LogP contribution < -0.4 is 5.32 Å². The van der Waals surface area contributed by atoms with Crippen molar-refractivity contribution in [2.75, 3.05) is 6.54 Å². The number of nitrogens with zero attached hydrogens (tertiary/aromatic N) is 3. The van der Waals surface area contributed by atoms with Gasteiger partial charge in [-0.1, -0.05) is 15.9 Å². The Morgan fingerprint density at radius 2 is 2.30 bits per heavy atom. The summed E-state index contributed by atoms with van der Waals surface area (Å²) in [6.45, 7) is 1.21. The molecule has 0 radical (unpaired) electrons. The fourth-order valence-electron chi connectivity index (χ4n) is 1.93. The van der Waals surface area contributed by atoms with E-state index in [4.69, 9.17) is 0 Å². The van der Waals surface area contributed by atoms with Crippen LogP contribution >= 0.6 is 15.9 Å². The number of nitro benzene ring substituents is 1. The molecule has 1 heterocycles. The Hall–Kier alpha value is -1.73. The van der Waals surface area contributed by atoms with Crippen LogP contribution in [0.1, 0.15) is 11.1 Å². The van der Waals surface area contributed by atoms with Gasteiger partial charge in [-0.25, -0.2) is 0 Å². The fourth-order valence-corrected chi connectivity index (χ4v) is 2.34. The second-order valence-electron chi connectivity index (χ2n) is 4.48. The minimum absolute atomic E-state index is 0.141. The molecular formula is C13H15BrN4O2. The summed E-state index contributed by atoms with van der Waals surface area (Å²) >= 11 is 3.33. The molecule has 2 aromatic rings. The first-order chi connectivity index (χ1) is 9.56. The predicted molar refractivity (Wildman–Crippen MR) is 79.4 cm³/mol. The summed E-state index contributed by atoms with van der Waals surface area (Å²) in [4.78, 5) is 10.6. The number of nitrogens with one attached hydrogen (secondary N) is 1. The summed E-state index contributed by atoms with van der Waals surface area (Å²) in [7, 11) is 1.88. The van der Waals surface area contributed by atoms with E-state index >= 15 is 0 Å². The van der Waals surface area contributed by atoms with Crippen LogP contribution in [0, 0.1) is 10.1 Å². The quantitative estimate of drug-likeness (QED) is 0.498. The van der Waals surface area contributed by atoms with Gasteiger partial charge in [0.15, 0.2) is 0 Å². The molecule has 20 heavy (non-hydrogen) atoms. The largest absolute Gasteiger partial charge is 0.312 e. The molecule has 0 aliphatic carbocycles. The molecule has 0 fully saturated rings. The Kier molecular flexibility index (Phi) is 4.86. The molecule has 0 amide bonds. The van der Waals surface area contributed by atoms with Gasteiger partial charge in [-0.15, -0.1) is 0 Å². The highest BCUT2D eigenvalue weighted by molar-refractivity contribution is 9.10. The lowest BCUT2D eigenvalue weighted by atomic mass is 10.1. The number of hydrogen-bond acceptors (Lipinski definition) is 4. The summed E-state index contributed by atoms with van der Waals surface area (Å²) in [5, 5.41) is 18.3. The highest BCUT2D eigenvalue weighted by Crippen LogP contribution is 2.22.